The van der Waals surface area contributed by atoms with Crippen molar-refractivity contribution >= 4 is 11.7 Å². The van der Waals surface area contributed by atoms with Crippen LogP contribution in [0.2, 0.25) is 0 Å². The van der Waals surface area contributed by atoms with Crippen molar-refractivity contribution in [2.45, 2.75) is 26.2 Å². The molecule has 1 atom stereocenters. The van der Waals surface area contributed by atoms with Crippen molar-refractivity contribution in [1.29, 1.82) is 5.26 Å². The van der Waals surface area contributed by atoms with E-state index in [2.05, 4.69) is 13.0 Å². The lowest BCUT2D eigenvalue weighted by molar-refractivity contribution is -0.138. The van der Waals surface area contributed by atoms with Gasteiger partial charge in [0.25, 0.3) is 0 Å². The van der Waals surface area contributed by atoms with E-state index in [4.69, 9.17) is 15.2 Å². The molecule has 5 nitrogen and oxygen atoms in total. The summed E-state index contributed by atoms with van der Waals surface area (Å²) in [5.41, 5.74) is 9.21. The Morgan fingerprint density at radius 1 is 1.14 bits per heavy atom. The summed E-state index contributed by atoms with van der Waals surface area (Å²) in [4.78, 5) is 12.9. The van der Waals surface area contributed by atoms with Gasteiger partial charge < -0.3 is 15.2 Å². The Morgan fingerprint density at radius 2 is 1.82 bits per heavy atom. The van der Waals surface area contributed by atoms with Gasteiger partial charge in [0.2, 0.25) is 5.88 Å². The third kappa shape index (κ3) is 3.63. The molecule has 0 spiro atoms. The van der Waals surface area contributed by atoms with Gasteiger partial charge >= 0.3 is 5.97 Å². The Balaban J connectivity index is 2.24. The standard InChI is InChI=1S/C23H22N2O3/c1-3-15-10-12-16(13-11-15)19-18(14-24)22(25)28-21(17-8-6-5-7-9-17)20(19)23(26)27-4-2/h5-13,19H,3-4,25H2,1-2H3/t19-/m1/s1. The number of aryl methyl sites for hydroxylation is 1. The number of esters is 1. The van der Waals surface area contributed by atoms with Crippen molar-refractivity contribution in [3.63, 3.8) is 0 Å². The summed E-state index contributed by atoms with van der Waals surface area (Å²) in [6.07, 6.45) is 0.896. The molecule has 2 N–H and O–H groups in total. The molecule has 1 aliphatic rings. The summed E-state index contributed by atoms with van der Waals surface area (Å²) >= 11 is 0. The predicted molar refractivity (Wildman–Crippen MR) is 106 cm³/mol. The molecule has 2 aromatic carbocycles. The van der Waals surface area contributed by atoms with E-state index in [9.17, 15) is 10.1 Å². The summed E-state index contributed by atoms with van der Waals surface area (Å²) in [7, 11) is 0. The third-order valence-corrected chi connectivity index (χ3v) is 4.67. The molecular formula is C23H22N2O3. The lowest BCUT2D eigenvalue weighted by Gasteiger charge is -2.28. The second-order valence-corrected chi connectivity index (χ2v) is 6.35. The predicted octanol–water partition coefficient (Wildman–Crippen LogP) is 4.03. The topological polar surface area (TPSA) is 85.3 Å². The molecule has 5 heteroatoms. The molecular weight excluding hydrogens is 352 g/mol. The van der Waals surface area contributed by atoms with Crippen molar-refractivity contribution in [2.75, 3.05) is 6.61 Å². The zero-order chi connectivity index (χ0) is 20.1. The SMILES string of the molecule is CCOC(=O)C1=C(c2ccccc2)OC(N)=C(C#N)[C@H]1c1ccc(CC)cc1. The van der Waals surface area contributed by atoms with Gasteiger partial charge in [0, 0.05) is 5.56 Å². The van der Waals surface area contributed by atoms with Crippen molar-refractivity contribution in [1.82, 2.24) is 0 Å². The lowest BCUT2D eigenvalue weighted by atomic mass is 9.81. The smallest absolute Gasteiger partial charge is 0.338 e. The number of hydrogen-bond acceptors (Lipinski definition) is 5. The minimum Gasteiger partial charge on any atom is -0.463 e. The molecule has 28 heavy (non-hydrogen) atoms. The second kappa shape index (κ2) is 8.45. The van der Waals surface area contributed by atoms with Crippen molar-refractivity contribution < 1.29 is 14.3 Å². The molecule has 0 unspecified atom stereocenters. The monoisotopic (exact) mass is 374 g/mol. The summed E-state index contributed by atoms with van der Waals surface area (Å²) in [6, 6.07) is 19.2. The molecule has 0 amide bonds. The first-order valence-corrected chi connectivity index (χ1v) is 9.23. The summed E-state index contributed by atoms with van der Waals surface area (Å²) in [5, 5.41) is 9.74. The Kier molecular flexibility index (Phi) is 5.81. The Bertz CT molecular complexity index is 967. The number of carbonyl (C=O) groups excluding carboxylic acids is 1. The highest BCUT2D eigenvalue weighted by Gasteiger charge is 2.38. The summed E-state index contributed by atoms with van der Waals surface area (Å²) in [6.45, 7) is 4.03. The lowest BCUT2D eigenvalue weighted by Crippen LogP contribution is -2.25. The molecule has 0 bridgehead atoms. The highest BCUT2D eigenvalue weighted by molar-refractivity contribution is 5.99. The number of ether oxygens (including phenoxy) is 2. The minimum absolute atomic E-state index is 0.000954. The zero-order valence-corrected chi connectivity index (χ0v) is 15.9. The van der Waals surface area contributed by atoms with Gasteiger partial charge in [0.15, 0.2) is 0 Å². The second-order valence-electron chi connectivity index (χ2n) is 6.35. The Hall–Kier alpha value is -3.52. The maximum atomic E-state index is 12.9. The van der Waals surface area contributed by atoms with Crippen LogP contribution in [0.3, 0.4) is 0 Å². The van der Waals surface area contributed by atoms with Gasteiger partial charge in [-0.25, -0.2) is 4.79 Å². The van der Waals surface area contributed by atoms with Crippen LogP contribution in [0.4, 0.5) is 0 Å². The molecule has 0 aromatic heterocycles. The number of nitrogens with zero attached hydrogens (tertiary/aromatic N) is 1. The number of allylic oxidation sites excluding steroid dienone is 1. The quantitative estimate of drug-likeness (QED) is 0.799. The zero-order valence-electron chi connectivity index (χ0n) is 15.9. The van der Waals surface area contributed by atoms with Crippen LogP contribution in [0.1, 0.15) is 36.5 Å². The van der Waals surface area contributed by atoms with Gasteiger partial charge in [-0.3, -0.25) is 0 Å². The van der Waals surface area contributed by atoms with Gasteiger partial charge in [-0.1, -0.05) is 61.5 Å². The van der Waals surface area contributed by atoms with Crippen molar-refractivity contribution in [2.24, 2.45) is 5.73 Å². The third-order valence-electron chi connectivity index (χ3n) is 4.67. The number of benzene rings is 2. The molecule has 0 saturated heterocycles. The van der Waals surface area contributed by atoms with E-state index in [-0.39, 0.29) is 23.6 Å². The molecule has 0 aliphatic carbocycles. The first kappa shape index (κ1) is 19.2. The van der Waals surface area contributed by atoms with Crippen LogP contribution in [0, 0.1) is 11.3 Å². The van der Waals surface area contributed by atoms with Crippen LogP contribution in [-0.4, -0.2) is 12.6 Å². The van der Waals surface area contributed by atoms with Gasteiger partial charge in [0.1, 0.15) is 17.4 Å². The van der Waals surface area contributed by atoms with Crippen LogP contribution in [0.5, 0.6) is 0 Å². The average molecular weight is 374 g/mol. The Labute approximate surface area is 164 Å². The van der Waals surface area contributed by atoms with Crippen LogP contribution >= 0.6 is 0 Å². The number of nitrogens with two attached hydrogens (primary N) is 1. The van der Waals surface area contributed by atoms with E-state index in [1.54, 1.807) is 6.92 Å². The van der Waals surface area contributed by atoms with E-state index < -0.39 is 11.9 Å². The molecule has 2 aromatic rings. The first-order valence-electron chi connectivity index (χ1n) is 9.23. The molecule has 142 valence electrons. The maximum absolute atomic E-state index is 12.9. The first-order chi connectivity index (χ1) is 13.6. The van der Waals surface area contributed by atoms with Crippen molar-refractivity contribution in [3.05, 3.63) is 88.3 Å². The van der Waals surface area contributed by atoms with Crippen LogP contribution in [-0.2, 0) is 20.7 Å². The highest BCUT2D eigenvalue weighted by atomic mass is 16.5. The summed E-state index contributed by atoms with van der Waals surface area (Å²) in [5.74, 6) is -0.857. The molecule has 3 rings (SSSR count). The van der Waals surface area contributed by atoms with E-state index in [0.717, 1.165) is 17.5 Å². The number of rotatable bonds is 5. The molecule has 1 heterocycles. The largest absolute Gasteiger partial charge is 0.463 e. The highest BCUT2D eigenvalue weighted by Crippen LogP contribution is 2.42. The van der Waals surface area contributed by atoms with Crippen molar-refractivity contribution in [3.8, 4) is 6.07 Å². The van der Waals surface area contributed by atoms with E-state index in [1.807, 2.05) is 54.6 Å². The molecule has 0 fully saturated rings. The molecule has 0 radical (unpaired) electrons. The van der Waals surface area contributed by atoms with Crippen LogP contribution in [0.25, 0.3) is 5.76 Å². The summed E-state index contributed by atoms with van der Waals surface area (Å²) < 4.78 is 11.1. The fourth-order valence-corrected chi connectivity index (χ4v) is 3.26. The number of hydrogen-bond donors (Lipinski definition) is 1. The number of carbonyl (C=O) groups is 1. The van der Waals surface area contributed by atoms with Crippen LogP contribution < -0.4 is 5.73 Å². The fourth-order valence-electron chi connectivity index (χ4n) is 3.26. The van der Waals surface area contributed by atoms with Gasteiger partial charge in [-0.15, -0.1) is 0 Å². The fraction of sp³-hybridized carbons (Fsp3) is 0.217. The van der Waals surface area contributed by atoms with E-state index in [0.29, 0.717) is 11.3 Å². The van der Waals surface area contributed by atoms with Gasteiger partial charge in [-0.05, 0) is 24.5 Å². The normalized spacial score (nSPS) is 16.4. The minimum atomic E-state index is -0.654. The molecule has 0 saturated carbocycles. The van der Waals surface area contributed by atoms with E-state index in [1.165, 1.54) is 0 Å². The average Bonchev–Trinajstić information content (AvgIpc) is 2.73. The van der Waals surface area contributed by atoms with Gasteiger partial charge in [-0.2, -0.15) is 5.26 Å². The van der Waals surface area contributed by atoms with E-state index >= 15 is 0 Å². The van der Waals surface area contributed by atoms with Crippen LogP contribution in [0.15, 0.2) is 71.6 Å². The Morgan fingerprint density at radius 3 is 2.39 bits per heavy atom. The van der Waals surface area contributed by atoms with Gasteiger partial charge in [0.05, 0.1) is 18.1 Å². The maximum Gasteiger partial charge on any atom is 0.338 e. The number of nitriles is 1. The molecule has 1 aliphatic heterocycles.